The van der Waals surface area contributed by atoms with Gasteiger partial charge in [-0.15, -0.1) is 0 Å². The van der Waals surface area contributed by atoms with Gasteiger partial charge in [0.1, 0.15) is 0 Å². The second-order valence-corrected chi connectivity index (χ2v) is 15.9. The molecule has 0 bridgehead atoms. The minimum atomic E-state index is -0.573. The molecule has 0 spiro atoms. The van der Waals surface area contributed by atoms with Crippen molar-refractivity contribution in [2.24, 2.45) is 17.8 Å². The van der Waals surface area contributed by atoms with E-state index in [-0.39, 0.29) is 32.7 Å². The van der Waals surface area contributed by atoms with E-state index in [1.54, 1.807) is 11.1 Å². The number of rotatable bonds is 7. The third kappa shape index (κ3) is 6.01. The van der Waals surface area contributed by atoms with Crippen molar-refractivity contribution >= 4 is 14.0 Å². The van der Waals surface area contributed by atoms with E-state index in [9.17, 15) is 0 Å². The summed E-state index contributed by atoms with van der Waals surface area (Å²) in [6.07, 6.45) is 16.9. The van der Waals surface area contributed by atoms with Crippen LogP contribution >= 0.6 is 7.92 Å². The smallest absolute Gasteiger partial charge is 1.00 e. The monoisotopic (exact) mass is 538 g/mol. The van der Waals surface area contributed by atoms with Crippen molar-refractivity contribution in [1.29, 1.82) is 0 Å². The first-order chi connectivity index (χ1) is 13.5. The van der Waals surface area contributed by atoms with Crippen LogP contribution in [-0.2, 0) is 23.2 Å². The van der Waals surface area contributed by atoms with E-state index in [1.165, 1.54) is 31.6 Å². The maximum atomic E-state index is 2.65. The van der Waals surface area contributed by atoms with E-state index in [0.717, 1.165) is 25.0 Å². The van der Waals surface area contributed by atoms with E-state index in [4.69, 9.17) is 0 Å². The zero-order chi connectivity index (χ0) is 19.7. The van der Waals surface area contributed by atoms with Crippen molar-refractivity contribution in [1.82, 2.24) is 0 Å². The van der Waals surface area contributed by atoms with Crippen LogP contribution < -0.4 is 24.8 Å². The molecule has 30 heavy (non-hydrogen) atoms. The average molecular weight is 541 g/mol. The molecule has 1 aromatic carbocycles. The van der Waals surface area contributed by atoms with E-state index in [2.05, 4.69) is 76.3 Å². The maximum absolute atomic E-state index is 2.65. The van der Waals surface area contributed by atoms with Crippen molar-refractivity contribution in [3.8, 4) is 0 Å². The van der Waals surface area contributed by atoms with Gasteiger partial charge in [-0.1, -0.05) is 0 Å². The molecule has 0 N–H and O–H groups in total. The Hall–Kier alpha value is 0.333. The van der Waals surface area contributed by atoms with E-state index < -0.39 is 23.2 Å². The fourth-order valence-electron chi connectivity index (χ4n) is 5.22. The number of halogens is 2. The summed E-state index contributed by atoms with van der Waals surface area (Å²) < 4.78 is 1.80. The topological polar surface area (TPSA) is 0 Å². The fourth-order valence-corrected chi connectivity index (χ4v) is 15.0. The molecule has 0 aromatic heterocycles. The quantitative estimate of drug-likeness (QED) is 0.465. The Labute approximate surface area is 209 Å². The van der Waals surface area contributed by atoms with Crippen LogP contribution in [0.5, 0.6) is 0 Å². The molecule has 0 amide bonds. The van der Waals surface area contributed by atoms with Crippen molar-refractivity contribution in [2.45, 2.75) is 54.2 Å². The van der Waals surface area contributed by atoms with Crippen LogP contribution in [0.2, 0.25) is 3.63 Å². The number of hydrogen-bond donors (Lipinski definition) is 0. The summed E-state index contributed by atoms with van der Waals surface area (Å²) in [5.41, 5.74) is 5.09. The molecule has 162 valence electrons. The van der Waals surface area contributed by atoms with Gasteiger partial charge in [-0.05, 0) is 0 Å². The molecule has 0 radical (unpaired) electrons. The minimum Gasteiger partial charge on any atom is -1.00 e. The van der Waals surface area contributed by atoms with Gasteiger partial charge >= 0.3 is 186 Å². The van der Waals surface area contributed by atoms with Crippen molar-refractivity contribution in [3.05, 3.63) is 64.5 Å². The second kappa shape index (κ2) is 12.0. The number of fused-ring (bicyclic) bond motifs is 2. The van der Waals surface area contributed by atoms with Gasteiger partial charge in [0.2, 0.25) is 0 Å². The SMILES string of the molecule is CC(C)CP(CC(C)C)C1=Cc2ccccc2[CH]1[Zr+2][CH]1CCC2CC=CC=C21.[Cl-].[Cl-]. The molecular formula is C26H35Cl2PZr. The zero-order valence-corrected chi connectivity index (χ0v) is 23.6. The first-order valence-electron chi connectivity index (χ1n) is 11.2. The second-order valence-electron chi connectivity index (χ2n) is 9.65. The fraction of sp³-hybridized carbons (Fsp3) is 0.538. The van der Waals surface area contributed by atoms with Gasteiger partial charge in [0.25, 0.3) is 0 Å². The van der Waals surface area contributed by atoms with Crippen molar-refractivity contribution in [3.63, 3.8) is 0 Å². The summed E-state index contributed by atoms with van der Waals surface area (Å²) in [4.78, 5) is 0. The third-order valence-corrected chi connectivity index (χ3v) is 15.3. The summed E-state index contributed by atoms with van der Waals surface area (Å²) in [6, 6.07) is 9.38. The van der Waals surface area contributed by atoms with Gasteiger partial charge in [0, 0.05) is 0 Å². The largest absolute Gasteiger partial charge is 1.00 e. The van der Waals surface area contributed by atoms with Gasteiger partial charge in [0.05, 0.1) is 0 Å². The molecule has 1 aromatic rings. The molecule has 3 atom stereocenters. The zero-order valence-electron chi connectivity index (χ0n) is 18.7. The van der Waals surface area contributed by atoms with E-state index in [1.807, 2.05) is 10.9 Å². The Morgan fingerprint density at radius 2 is 1.70 bits per heavy atom. The molecule has 1 saturated carbocycles. The molecular weight excluding hydrogens is 505 g/mol. The van der Waals surface area contributed by atoms with Crippen LogP contribution in [-0.4, -0.2) is 12.3 Å². The Bertz CT molecular complexity index is 786. The molecule has 4 rings (SSSR count). The molecule has 3 aliphatic rings. The third-order valence-electron chi connectivity index (χ3n) is 6.33. The molecule has 4 heteroatoms. The first kappa shape index (κ1) is 26.6. The van der Waals surface area contributed by atoms with Gasteiger partial charge in [-0.2, -0.15) is 0 Å². The van der Waals surface area contributed by atoms with Crippen molar-refractivity contribution in [2.75, 3.05) is 12.3 Å². The molecule has 0 saturated heterocycles. The van der Waals surface area contributed by atoms with Crippen LogP contribution in [0.4, 0.5) is 0 Å². The number of benzene rings is 1. The van der Waals surface area contributed by atoms with Crippen LogP contribution in [0, 0.1) is 17.8 Å². The van der Waals surface area contributed by atoms with Gasteiger partial charge < -0.3 is 24.8 Å². The standard InChI is InChI=1S/C17H24P.C9H11.2ClH.Zr/c1-13(2)11-18(12-14(3)4)17-9-15-7-5-6-8-16(15)10-17;1-2-5-9-7-3-6-8(9)4-1;;;/h5-10,13-14H,11-12H2,1-4H3;1-2,4,6,9H,3,5,7H2;2*1H;/q;;;;+2/p-2. The summed E-state index contributed by atoms with van der Waals surface area (Å²) in [5, 5.41) is 1.89. The molecule has 0 aliphatic heterocycles. The van der Waals surface area contributed by atoms with Gasteiger partial charge in [-0.3, -0.25) is 0 Å². The van der Waals surface area contributed by atoms with Crippen LogP contribution in [0.1, 0.15) is 61.7 Å². The molecule has 3 aliphatic carbocycles. The number of hydrogen-bond acceptors (Lipinski definition) is 0. The van der Waals surface area contributed by atoms with E-state index >= 15 is 0 Å². The summed E-state index contributed by atoms with van der Waals surface area (Å²) in [7, 11) is 0.00438. The molecule has 3 unspecified atom stereocenters. The summed E-state index contributed by atoms with van der Waals surface area (Å²) >= 11 is -0.573. The van der Waals surface area contributed by atoms with Crippen LogP contribution in [0.25, 0.3) is 6.08 Å². The first-order valence-corrected chi connectivity index (χ1v) is 15.8. The number of allylic oxidation sites excluding steroid dienone is 5. The normalized spacial score (nSPS) is 24.0. The molecule has 1 fully saturated rings. The molecule has 0 heterocycles. The predicted octanol–water partition coefficient (Wildman–Crippen LogP) is 2.05. The Morgan fingerprint density at radius 3 is 2.40 bits per heavy atom. The Kier molecular flexibility index (Phi) is 10.6. The summed E-state index contributed by atoms with van der Waals surface area (Å²) in [6.45, 7) is 9.70. The Balaban J connectivity index is 0.00000160. The van der Waals surface area contributed by atoms with E-state index in [0.29, 0.717) is 0 Å². The summed E-state index contributed by atoms with van der Waals surface area (Å²) in [5.74, 6) is 2.50. The van der Waals surface area contributed by atoms with Gasteiger partial charge in [-0.25, -0.2) is 0 Å². The average Bonchev–Trinajstić information content (AvgIpc) is 3.23. The minimum absolute atomic E-state index is 0. The maximum Gasteiger partial charge on any atom is -1.00 e. The van der Waals surface area contributed by atoms with Gasteiger partial charge in [0.15, 0.2) is 0 Å². The predicted molar refractivity (Wildman–Crippen MR) is 122 cm³/mol. The van der Waals surface area contributed by atoms with Crippen LogP contribution in [0.3, 0.4) is 0 Å². The Morgan fingerprint density at radius 1 is 1.00 bits per heavy atom. The van der Waals surface area contributed by atoms with Crippen molar-refractivity contribution < 1.29 is 48.0 Å². The van der Waals surface area contributed by atoms with Crippen LogP contribution in [0.15, 0.2) is 53.4 Å². The molecule has 0 nitrogen and oxygen atoms in total.